The SMILES string of the molecule is CC(C)(C)C(=O)Nc1cc(F)ccc1NC(=O)c1ccccn1. The topological polar surface area (TPSA) is 71.1 Å². The molecule has 2 rings (SSSR count). The van der Waals surface area contributed by atoms with Crippen LogP contribution in [0.4, 0.5) is 15.8 Å². The van der Waals surface area contributed by atoms with Crippen molar-refractivity contribution >= 4 is 23.2 Å². The number of aromatic nitrogens is 1. The van der Waals surface area contributed by atoms with Gasteiger partial charge in [0.2, 0.25) is 5.91 Å². The number of nitrogens with one attached hydrogen (secondary N) is 2. The zero-order chi connectivity index (χ0) is 17.0. The van der Waals surface area contributed by atoms with Crippen LogP contribution in [0.5, 0.6) is 0 Å². The van der Waals surface area contributed by atoms with Crippen molar-refractivity contribution in [2.45, 2.75) is 20.8 Å². The molecule has 0 bridgehead atoms. The Kier molecular flexibility index (Phi) is 4.74. The van der Waals surface area contributed by atoms with Gasteiger partial charge in [-0.05, 0) is 30.3 Å². The molecule has 0 fully saturated rings. The molecule has 23 heavy (non-hydrogen) atoms. The first kappa shape index (κ1) is 16.6. The van der Waals surface area contributed by atoms with Crippen LogP contribution in [0, 0.1) is 11.2 Å². The predicted octanol–water partition coefficient (Wildman–Crippen LogP) is 3.46. The van der Waals surface area contributed by atoms with E-state index in [-0.39, 0.29) is 17.3 Å². The molecule has 0 unspecified atom stereocenters. The summed E-state index contributed by atoms with van der Waals surface area (Å²) in [6.07, 6.45) is 1.50. The molecule has 120 valence electrons. The van der Waals surface area contributed by atoms with Crippen LogP contribution in [-0.2, 0) is 4.79 Å². The fourth-order valence-electron chi connectivity index (χ4n) is 1.72. The van der Waals surface area contributed by atoms with Gasteiger partial charge in [0.05, 0.1) is 11.4 Å². The summed E-state index contributed by atoms with van der Waals surface area (Å²) >= 11 is 0. The van der Waals surface area contributed by atoms with E-state index in [9.17, 15) is 14.0 Å². The lowest BCUT2D eigenvalue weighted by atomic mass is 9.95. The van der Waals surface area contributed by atoms with E-state index in [0.29, 0.717) is 5.69 Å². The molecular weight excluding hydrogens is 297 g/mol. The average molecular weight is 315 g/mol. The summed E-state index contributed by atoms with van der Waals surface area (Å²) in [4.78, 5) is 28.2. The molecule has 2 N–H and O–H groups in total. The molecule has 0 aliphatic rings. The van der Waals surface area contributed by atoms with Crippen LogP contribution >= 0.6 is 0 Å². The van der Waals surface area contributed by atoms with Gasteiger partial charge >= 0.3 is 0 Å². The Morgan fingerprint density at radius 1 is 1.04 bits per heavy atom. The molecule has 0 aliphatic carbocycles. The Bertz CT molecular complexity index is 724. The average Bonchev–Trinajstić information content (AvgIpc) is 2.49. The number of carbonyl (C=O) groups excluding carboxylic acids is 2. The molecule has 1 aromatic heterocycles. The number of rotatable bonds is 3. The number of anilines is 2. The quantitative estimate of drug-likeness (QED) is 0.911. The summed E-state index contributed by atoms with van der Waals surface area (Å²) < 4.78 is 13.5. The maximum atomic E-state index is 13.5. The molecule has 2 amide bonds. The van der Waals surface area contributed by atoms with E-state index < -0.39 is 17.1 Å². The van der Waals surface area contributed by atoms with Gasteiger partial charge in [0.1, 0.15) is 11.5 Å². The Labute approximate surface area is 133 Å². The fourth-order valence-corrected chi connectivity index (χ4v) is 1.72. The molecule has 5 nitrogen and oxygen atoms in total. The molecule has 0 saturated carbocycles. The molecule has 6 heteroatoms. The highest BCUT2D eigenvalue weighted by atomic mass is 19.1. The van der Waals surface area contributed by atoms with E-state index in [4.69, 9.17) is 0 Å². The number of hydrogen-bond donors (Lipinski definition) is 2. The van der Waals surface area contributed by atoms with Crippen molar-refractivity contribution in [3.8, 4) is 0 Å². The van der Waals surface area contributed by atoms with Crippen LogP contribution in [0.15, 0.2) is 42.6 Å². The largest absolute Gasteiger partial charge is 0.324 e. The van der Waals surface area contributed by atoms with E-state index >= 15 is 0 Å². The van der Waals surface area contributed by atoms with E-state index in [1.54, 1.807) is 39.0 Å². The van der Waals surface area contributed by atoms with Gasteiger partial charge in [-0.1, -0.05) is 26.8 Å². The number of carbonyl (C=O) groups is 2. The zero-order valence-electron chi connectivity index (χ0n) is 13.2. The van der Waals surface area contributed by atoms with Crippen molar-refractivity contribution in [2.75, 3.05) is 10.6 Å². The summed E-state index contributed by atoms with van der Waals surface area (Å²) in [6, 6.07) is 8.72. The number of benzene rings is 1. The highest BCUT2D eigenvalue weighted by Crippen LogP contribution is 2.26. The smallest absolute Gasteiger partial charge is 0.274 e. The van der Waals surface area contributed by atoms with Crippen LogP contribution in [0.25, 0.3) is 0 Å². The van der Waals surface area contributed by atoms with Crippen LogP contribution in [0.1, 0.15) is 31.3 Å². The summed E-state index contributed by atoms with van der Waals surface area (Å²) in [6.45, 7) is 5.23. The summed E-state index contributed by atoms with van der Waals surface area (Å²) in [5, 5.41) is 5.26. The van der Waals surface area contributed by atoms with Gasteiger partial charge in [-0.25, -0.2) is 4.39 Å². The number of pyridine rings is 1. The van der Waals surface area contributed by atoms with Crippen LogP contribution in [-0.4, -0.2) is 16.8 Å². The number of amides is 2. The van der Waals surface area contributed by atoms with E-state index in [2.05, 4.69) is 15.6 Å². The van der Waals surface area contributed by atoms with Gasteiger partial charge in [-0.15, -0.1) is 0 Å². The first-order chi connectivity index (χ1) is 10.8. The number of halogens is 1. The Balaban J connectivity index is 2.25. The molecule has 0 radical (unpaired) electrons. The second kappa shape index (κ2) is 6.56. The molecule has 0 atom stereocenters. The molecule has 1 aromatic carbocycles. The fraction of sp³-hybridized carbons (Fsp3) is 0.235. The Morgan fingerprint density at radius 3 is 2.39 bits per heavy atom. The standard InChI is InChI=1S/C17H18FN3O2/c1-17(2,3)16(23)21-14-10-11(18)7-8-12(14)20-15(22)13-6-4-5-9-19-13/h4-10H,1-3H3,(H,20,22)(H,21,23). The Morgan fingerprint density at radius 2 is 1.78 bits per heavy atom. The van der Waals surface area contributed by atoms with Gasteiger partial charge in [-0.2, -0.15) is 0 Å². The van der Waals surface area contributed by atoms with E-state index in [1.165, 1.54) is 18.3 Å². The molecule has 0 aliphatic heterocycles. The van der Waals surface area contributed by atoms with Crippen molar-refractivity contribution < 1.29 is 14.0 Å². The minimum atomic E-state index is -0.644. The number of hydrogen-bond acceptors (Lipinski definition) is 3. The van der Waals surface area contributed by atoms with Gasteiger partial charge < -0.3 is 10.6 Å². The maximum Gasteiger partial charge on any atom is 0.274 e. The predicted molar refractivity (Wildman–Crippen MR) is 86.7 cm³/mol. The lowest BCUT2D eigenvalue weighted by Crippen LogP contribution is -2.28. The highest BCUT2D eigenvalue weighted by Gasteiger charge is 2.22. The molecule has 1 heterocycles. The molecule has 0 spiro atoms. The molecular formula is C17H18FN3O2. The Hall–Kier alpha value is -2.76. The summed E-state index contributed by atoms with van der Waals surface area (Å²) in [5.74, 6) is -1.23. The maximum absolute atomic E-state index is 13.5. The normalized spacial score (nSPS) is 11.0. The van der Waals surface area contributed by atoms with E-state index in [0.717, 1.165) is 6.07 Å². The first-order valence-corrected chi connectivity index (χ1v) is 7.11. The minimum absolute atomic E-state index is 0.203. The minimum Gasteiger partial charge on any atom is -0.324 e. The monoisotopic (exact) mass is 315 g/mol. The van der Waals surface area contributed by atoms with Crippen LogP contribution in [0.2, 0.25) is 0 Å². The summed E-state index contributed by atoms with van der Waals surface area (Å²) in [7, 11) is 0. The van der Waals surface area contributed by atoms with Crippen molar-refractivity contribution in [2.24, 2.45) is 5.41 Å². The third kappa shape index (κ3) is 4.35. The zero-order valence-corrected chi connectivity index (χ0v) is 13.2. The molecule has 2 aromatic rings. The first-order valence-electron chi connectivity index (χ1n) is 7.11. The lowest BCUT2D eigenvalue weighted by Gasteiger charge is -2.19. The van der Waals surface area contributed by atoms with E-state index in [1.807, 2.05) is 0 Å². The van der Waals surface area contributed by atoms with Crippen LogP contribution in [0.3, 0.4) is 0 Å². The van der Waals surface area contributed by atoms with Crippen LogP contribution < -0.4 is 10.6 Å². The highest BCUT2D eigenvalue weighted by molar-refractivity contribution is 6.06. The third-order valence-electron chi connectivity index (χ3n) is 3.06. The van der Waals surface area contributed by atoms with Gasteiger partial charge in [0.15, 0.2) is 0 Å². The molecule has 0 saturated heterocycles. The second-order valence-corrected chi connectivity index (χ2v) is 6.06. The van der Waals surface area contributed by atoms with Crippen molar-refractivity contribution in [3.05, 3.63) is 54.1 Å². The third-order valence-corrected chi connectivity index (χ3v) is 3.06. The second-order valence-electron chi connectivity index (χ2n) is 6.06. The van der Waals surface area contributed by atoms with Crippen molar-refractivity contribution in [1.29, 1.82) is 0 Å². The van der Waals surface area contributed by atoms with Gasteiger partial charge in [0, 0.05) is 11.6 Å². The lowest BCUT2D eigenvalue weighted by molar-refractivity contribution is -0.123. The number of nitrogens with zero attached hydrogens (tertiary/aromatic N) is 1. The van der Waals surface area contributed by atoms with Gasteiger partial charge in [0.25, 0.3) is 5.91 Å². The van der Waals surface area contributed by atoms with Crippen molar-refractivity contribution in [1.82, 2.24) is 4.98 Å². The van der Waals surface area contributed by atoms with Gasteiger partial charge in [-0.3, -0.25) is 14.6 Å². The summed E-state index contributed by atoms with van der Waals surface area (Å²) in [5.41, 5.74) is 0.0907. The van der Waals surface area contributed by atoms with Crippen molar-refractivity contribution in [3.63, 3.8) is 0 Å².